The van der Waals surface area contributed by atoms with Crippen LogP contribution in [0.15, 0.2) is 60.7 Å². The summed E-state index contributed by atoms with van der Waals surface area (Å²) in [4.78, 5) is 40.4. The van der Waals surface area contributed by atoms with Gasteiger partial charge in [0, 0.05) is 11.3 Å². The molecule has 4 aliphatic carbocycles. The van der Waals surface area contributed by atoms with E-state index < -0.39 is 0 Å². The molecule has 0 spiro atoms. The van der Waals surface area contributed by atoms with E-state index in [1.807, 2.05) is 6.92 Å². The number of hydrogen-bond acceptors (Lipinski definition) is 4. The maximum absolute atomic E-state index is 13.2. The standard InChI is InChI=1S/C26H24N2O4/c1-2-32-17-9-5-15(6-10-17)27-24(29)14-3-7-16(8-4-14)28-25(30)22-18-11-12-19(21-13-20(18)21)23(22)26(28)31/h3-12,18-23H,2,13H2,1H3,(H,27,29)/t18-,19-,20-,21-,22-,23+/m0/s1. The molecule has 1 saturated heterocycles. The Labute approximate surface area is 186 Å². The first-order valence-electron chi connectivity index (χ1n) is 11.3. The molecule has 0 unspecified atom stereocenters. The summed E-state index contributed by atoms with van der Waals surface area (Å²) in [5, 5.41) is 2.85. The molecule has 1 aliphatic heterocycles. The Kier molecular flexibility index (Phi) is 4.25. The van der Waals surface area contributed by atoms with Gasteiger partial charge in [0.1, 0.15) is 5.75 Å². The van der Waals surface area contributed by atoms with Crippen molar-refractivity contribution in [1.82, 2.24) is 0 Å². The number of nitrogens with zero attached hydrogens (tertiary/aromatic N) is 1. The molecule has 1 heterocycles. The average molecular weight is 428 g/mol. The fourth-order valence-electron chi connectivity index (χ4n) is 5.98. The third-order valence-corrected chi connectivity index (χ3v) is 7.47. The highest BCUT2D eigenvalue weighted by molar-refractivity contribution is 6.22. The molecule has 6 atom stereocenters. The third-order valence-electron chi connectivity index (χ3n) is 7.47. The summed E-state index contributed by atoms with van der Waals surface area (Å²) in [6.45, 7) is 2.50. The number of amides is 3. The molecule has 3 amide bonds. The second-order valence-corrected chi connectivity index (χ2v) is 9.12. The van der Waals surface area contributed by atoms with Gasteiger partial charge in [-0.3, -0.25) is 19.3 Å². The van der Waals surface area contributed by atoms with Gasteiger partial charge in [0.2, 0.25) is 11.8 Å². The van der Waals surface area contributed by atoms with Gasteiger partial charge < -0.3 is 10.1 Å². The first-order valence-corrected chi connectivity index (χ1v) is 11.3. The van der Waals surface area contributed by atoms with Gasteiger partial charge in [0.25, 0.3) is 5.91 Å². The molecule has 5 aliphatic rings. The van der Waals surface area contributed by atoms with Crippen molar-refractivity contribution in [3.63, 3.8) is 0 Å². The van der Waals surface area contributed by atoms with Crippen LogP contribution in [0, 0.1) is 35.5 Å². The highest BCUT2D eigenvalue weighted by Crippen LogP contribution is 2.65. The van der Waals surface area contributed by atoms with Gasteiger partial charge >= 0.3 is 0 Å². The van der Waals surface area contributed by atoms with E-state index in [1.165, 1.54) is 4.90 Å². The monoisotopic (exact) mass is 428 g/mol. The number of ether oxygens (including phenoxy) is 1. The second-order valence-electron chi connectivity index (χ2n) is 9.12. The number of anilines is 2. The number of nitrogens with one attached hydrogen (secondary N) is 1. The summed E-state index contributed by atoms with van der Waals surface area (Å²) in [7, 11) is 0. The van der Waals surface area contributed by atoms with Crippen LogP contribution in [-0.4, -0.2) is 24.3 Å². The molecule has 1 N–H and O–H groups in total. The lowest BCUT2D eigenvalue weighted by Crippen LogP contribution is -2.40. The minimum Gasteiger partial charge on any atom is -0.494 e. The van der Waals surface area contributed by atoms with Crippen LogP contribution in [0.1, 0.15) is 23.7 Å². The Morgan fingerprint density at radius 2 is 1.53 bits per heavy atom. The normalized spacial score (nSPS) is 31.3. The zero-order chi connectivity index (χ0) is 22.0. The maximum atomic E-state index is 13.2. The maximum Gasteiger partial charge on any atom is 0.255 e. The molecule has 32 heavy (non-hydrogen) atoms. The Morgan fingerprint density at radius 1 is 0.938 bits per heavy atom. The SMILES string of the molecule is CCOc1ccc(NC(=O)c2ccc(N3C(=O)[C@@H]4[C@H]5C=C[C@@H]([C@@H]6C[C@@H]56)[C@@H]4C3=O)cc2)cc1. The zero-order valence-electron chi connectivity index (χ0n) is 17.7. The minimum atomic E-state index is -0.254. The highest BCUT2D eigenvalue weighted by atomic mass is 16.5. The summed E-state index contributed by atoms with van der Waals surface area (Å²) in [5.41, 5.74) is 1.67. The predicted octanol–water partition coefficient (Wildman–Crippen LogP) is 3.90. The van der Waals surface area contributed by atoms with E-state index in [1.54, 1.807) is 48.5 Å². The molecule has 6 nitrogen and oxygen atoms in total. The van der Waals surface area contributed by atoms with E-state index in [4.69, 9.17) is 4.74 Å². The van der Waals surface area contributed by atoms with Crippen molar-refractivity contribution in [1.29, 1.82) is 0 Å². The van der Waals surface area contributed by atoms with Gasteiger partial charge in [-0.25, -0.2) is 0 Å². The molecule has 2 aromatic carbocycles. The van der Waals surface area contributed by atoms with Crippen molar-refractivity contribution in [2.24, 2.45) is 35.5 Å². The van der Waals surface area contributed by atoms with Crippen molar-refractivity contribution in [2.45, 2.75) is 13.3 Å². The van der Waals surface area contributed by atoms with Crippen LogP contribution in [0.3, 0.4) is 0 Å². The molecular weight excluding hydrogens is 404 g/mol. The molecule has 162 valence electrons. The Balaban J connectivity index is 1.18. The molecule has 3 fully saturated rings. The Bertz CT molecular complexity index is 1100. The van der Waals surface area contributed by atoms with Crippen LogP contribution in [0.5, 0.6) is 5.75 Å². The molecule has 0 aromatic heterocycles. The van der Waals surface area contributed by atoms with Crippen LogP contribution < -0.4 is 15.0 Å². The molecule has 2 saturated carbocycles. The van der Waals surface area contributed by atoms with E-state index in [0.717, 1.165) is 12.2 Å². The first-order chi connectivity index (χ1) is 15.6. The van der Waals surface area contributed by atoms with E-state index in [9.17, 15) is 14.4 Å². The third kappa shape index (κ3) is 2.82. The number of benzene rings is 2. The lowest BCUT2D eigenvalue weighted by Gasteiger charge is -2.37. The first kappa shape index (κ1) is 19.3. The fourth-order valence-corrected chi connectivity index (χ4v) is 5.98. The minimum absolute atomic E-state index is 0.0868. The quantitative estimate of drug-likeness (QED) is 0.579. The predicted molar refractivity (Wildman–Crippen MR) is 119 cm³/mol. The van der Waals surface area contributed by atoms with Crippen molar-refractivity contribution >= 4 is 29.1 Å². The zero-order valence-corrected chi connectivity index (χ0v) is 17.7. The van der Waals surface area contributed by atoms with E-state index in [0.29, 0.717) is 35.4 Å². The van der Waals surface area contributed by atoms with E-state index in [2.05, 4.69) is 17.5 Å². The topological polar surface area (TPSA) is 75.7 Å². The molecule has 2 aromatic rings. The van der Waals surface area contributed by atoms with Crippen molar-refractivity contribution in [3.8, 4) is 5.75 Å². The summed E-state index contributed by atoms with van der Waals surface area (Å²) in [5.74, 6) is 1.45. The van der Waals surface area contributed by atoms with Gasteiger partial charge in [0.15, 0.2) is 0 Å². The molecular formula is C26H24N2O4. The van der Waals surface area contributed by atoms with Crippen molar-refractivity contribution in [3.05, 3.63) is 66.2 Å². The lowest BCUT2D eigenvalue weighted by molar-refractivity contribution is -0.124. The number of rotatable bonds is 5. The Morgan fingerprint density at radius 3 is 2.09 bits per heavy atom. The second kappa shape index (κ2) is 7.05. The smallest absolute Gasteiger partial charge is 0.255 e. The van der Waals surface area contributed by atoms with Gasteiger partial charge in [-0.05, 0) is 85.5 Å². The molecule has 7 rings (SSSR count). The van der Waals surface area contributed by atoms with Crippen LogP contribution >= 0.6 is 0 Å². The van der Waals surface area contributed by atoms with E-state index in [-0.39, 0.29) is 41.4 Å². The summed E-state index contributed by atoms with van der Waals surface area (Å²) in [6, 6.07) is 13.9. The lowest BCUT2D eigenvalue weighted by atomic mass is 9.63. The number of allylic oxidation sites excluding steroid dienone is 2. The largest absolute Gasteiger partial charge is 0.494 e. The molecule has 0 radical (unpaired) electrons. The van der Waals surface area contributed by atoms with Crippen molar-refractivity contribution in [2.75, 3.05) is 16.8 Å². The Hall–Kier alpha value is -3.41. The average Bonchev–Trinajstić information content (AvgIpc) is 3.59. The van der Waals surface area contributed by atoms with Crippen LogP contribution in [0.2, 0.25) is 0 Å². The highest BCUT2D eigenvalue weighted by Gasteiger charge is 2.67. The summed E-state index contributed by atoms with van der Waals surface area (Å²) >= 11 is 0. The molecule has 2 bridgehead atoms. The van der Waals surface area contributed by atoms with Crippen molar-refractivity contribution < 1.29 is 19.1 Å². The van der Waals surface area contributed by atoms with Gasteiger partial charge in [-0.2, -0.15) is 0 Å². The van der Waals surface area contributed by atoms with Gasteiger partial charge in [-0.1, -0.05) is 12.2 Å². The number of carbonyl (C=O) groups excluding carboxylic acids is 3. The van der Waals surface area contributed by atoms with Crippen LogP contribution in [-0.2, 0) is 9.59 Å². The van der Waals surface area contributed by atoms with Crippen LogP contribution in [0.25, 0.3) is 0 Å². The summed E-state index contributed by atoms with van der Waals surface area (Å²) < 4.78 is 5.41. The van der Waals surface area contributed by atoms with Gasteiger partial charge in [-0.15, -0.1) is 0 Å². The number of hydrogen-bond donors (Lipinski definition) is 1. The van der Waals surface area contributed by atoms with Crippen LogP contribution in [0.4, 0.5) is 11.4 Å². The summed E-state index contributed by atoms with van der Waals surface area (Å²) in [6.07, 6.45) is 5.49. The molecule has 6 heteroatoms. The number of imide groups is 1. The number of carbonyl (C=O) groups is 3. The van der Waals surface area contributed by atoms with Gasteiger partial charge in [0.05, 0.1) is 24.1 Å². The fraction of sp³-hybridized carbons (Fsp3) is 0.346. The van der Waals surface area contributed by atoms with E-state index >= 15 is 0 Å².